The Morgan fingerprint density at radius 3 is 2.25 bits per heavy atom. The van der Waals surface area contributed by atoms with Gasteiger partial charge in [-0.2, -0.15) is 0 Å². The average Bonchev–Trinajstić information content (AvgIpc) is 3.18. The van der Waals surface area contributed by atoms with E-state index in [1.807, 2.05) is 18.2 Å². The lowest BCUT2D eigenvalue weighted by Crippen LogP contribution is -2.22. The van der Waals surface area contributed by atoms with Crippen LogP contribution < -0.4 is 10.1 Å². The molecule has 1 heterocycles. The van der Waals surface area contributed by atoms with Gasteiger partial charge < -0.3 is 10.1 Å². The highest BCUT2D eigenvalue weighted by Crippen LogP contribution is 2.38. The van der Waals surface area contributed by atoms with E-state index in [0.717, 1.165) is 16.7 Å². The summed E-state index contributed by atoms with van der Waals surface area (Å²) < 4.78 is 5.32. The van der Waals surface area contributed by atoms with Crippen molar-refractivity contribution in [1.29, 1.82) is 0 Å². The van der Waals surface area contributed by atoms with Gasteiger partial charge in [-0.1, -0.05) is 84.6 Å². The molecule has 28 heavy (non-hydrogen) atoms. The van der Waals surface area contributed by atoms with Crippen molar-refractivity contribution in [1.82, 2.24) is 5.32 Å². The van der Waals surface area contributed by atoms with E-state index >= 15 is 0 Å². The van der Waals surface area contributed by atoms with Gasteiger partial charge in [-0.05, 0) is 28.8 Å². The minimum Gasteiger partial charge on any atom is -0.497 e. The van der Waals surface area contributed by atoms with Gasteiger partial charge in [0.05, 0.1) is 13.2 Å². The third-order valence-electron chi connectivity index (χ3n) is 4.66. The van der Waals surface area contributed by atoms with Crippen LogP contribution in [0.25, 0.3) is 0 Å². The second kappa shape index (κ2) is 9.67. The Morgan fingerprint density at radius 1 is 0.893 bits per heavy atom. The minimum absolute atomic E-state index is 0. The number of thioether (sulfide) groups is 1. The monoisotopic (exact) mass is 410 g/mol. The highest BCUT2D eigenvalue weighted by molar-refractivity contribution is 8.13. The molecule has 5 heteroatoms. The van der Waals surface area contributed by atoms with Gasteiger partial charge >= 0.3 is 0 Å². The van der Waals surface area contributed by atoms with Crippen molar-refractivity contribution in [3.8, 4) is 5.75 Å². The number of amidine groups is 1. The van der Waals surface area contributed by atoms with E-state index in [2.05, 4.69) is 72.0 Å². The van der Waals surface area contributed by atoms with E-state index in [9.17, 15) is 0 Å². The van der Waals surface area contributed by atoms with Crippen molar-refractivity contribution in [3.05, 3.63) is 102 Å². The number of halogens is 1. The van der Waals surface area contributed by atoms with E-state index in [-0.39, 0.29) is 24.5 Å². The molecule has 0 saturated heterocycles. The number of methoxy groups -OCH3 is 1. The predicted molar refractivity (Wildman–Crippen MR) is 120 cm³/mol. The van der Waals surface area contributed by atoms with Crippen molar-refractivity contribution in [2.45, 2.75) is 17.8 Å². The minimum atomic E-state index is 0. The van der Waals surface area contributed by atoms with Crippen molar-refractivity contribution in [2.75, 3.05) is 7.11 Å². The molecule has 1 aliphatic heterocycles. The zero-order chi connectivity index (χ0) is 18.5. The smallest absolute Gasteiger partial charge is 0.158 e. The van der Waals surface area contributed by atoms with Crippen LogP contribution in [-0.4, -0.2) is 12.3 Å². The van der Waals surface area contributed by atoms with Crippen LogP contribution in [0.3, 0.4) is 0 Å². The van der Waals surface area contributed by atoms with Gasteiger partial charge in [-0.25, -0.2) is 0 Å². The Bertz CT molecular complexity index is 918. The summed E-state index contributed by atoms with van der Waals surface area (Å²) in [5.41, 5.74) is 3.71. The topological polar surface area (TPSA) is 33.6 Å². The molecule has 3 aromatic carbocycles. The van der Waals surface area contributed by atoms with E-state index < -0.39 is 0 Å². The number of ether oxygens (including phenoxy) is 1. The molecule has 2 atom stereocenters. The normalized spacial score (nSPS) is 18.0. The summed E-state index contributed by atoms with van der Waals surface area (Å²) in [6.45, 7) is 0. The number of rotatable bonds is 5. The summed E-state index contributed by atoms with van der Waals surface area (Å²) in [6.07, 6.45) is 0. The fraction of sp³-hybridized carbons (Fsp3) is 0.174. The Kier molecular flexibility index (Phi) is 7.01. The van der Waals surface area contributed by atoms with Gasteiger partial charge in [-0.15, -0.1) is 12.4 Å². The molecule has 0 aromatic heterocycles. The maximum atomic E-state index is 5.32. The highest BCUT2D eigenvalue weighted by Gasteiger charge is 2.31. The summed E-state index contributed by atoms with van der Waals surface area (Å²) in [5.74, 6) is 1.74. The number of nitrogens with zero attached hydrogens (tertiary/aromatic N) is 1. The molecule has 2 unspecified atom stereocenters. The SMILES string of the molecule is COc1cccc(CSC2=NC(c3ccccc3)C(c3ccccc3)N2)c1.Cl. The van der Waals surface area contributed by atoms with Crippen molar-refractivity contribution < 1.29 is 4.74 Å². The first kappa shape index (κ1) is 20.3. The summed E-state index contributed by atoms with van der Waals surface area (Å²) >= 11 is 1.74. The molecule has 0 saturated carbocycles. The molecule has 0 spiro atoms. The van der Waals surface area contributed by atoms with E-state index in [1.54, 1.807) is 18.9 Å². The molecule has 3 nitrogen and oxygen atoms in total. The first-order valence-corrected chi connectivity index (χ1v) is 10.0. The van der Waals surface area contributed by atoms with Gasteiger partial charge in [-0.3, -0.25) is 4.99 Å². The van der Waals surface area contributed by atoms with Crippen LogP contribution in [0.15, 0.2) is 89.9 Å². The molecule has 0 aliphatic carbocycles. The van der Waals surface area contributed by atoms with Crippen LogP contribution in [0.1, 0.15) is 28.8 Å². The maximum Gasteiger partial charge on any atom is 0.158 e. The lowest BCUT2D eigenvalue weighted by molar-refractivity contribution is 0.414. The van der Waals surface area contributed by atoms with Gasteiger partial charge in [0.1, 0.15) is 11.8 Å². The zero-order valence-corrected chi connectivity index (χ0v) is 17.2. The molecule has 0 radical (unpaired) electrons. The number of benzene rings is 3. The Balaban J connectivity index is 0.00000225. The van der Waals surface area contributed by atoms with Crippen molar-refractivity contribution in [3.63, 3.8) is 0 Å². The molecule has 1 N–H and O–H groups in total. The molecule has 3 aromatic rings. The lowest BCUT2D eigenvalue weighted by atomic mass is 9.95. The number of nitrogens with one attached hydrogen (secondary N) is 1. The second-order valence-corrected chi connectivity index (χ2v) is 7.43. The predicted octanol–water partition coefficient (Wildman–Crippen LogP) is 5.79. The molecule has 1 aliphatic rings. The van der Waals surface area contributed by atoms with E-state index in [4.69, 9.17) is 9.73 Å². The van der Waals surface area contributed by atoms with Crippen LogP contribution in [0.2, 0.25) is 0 Å². The van der Waals surface area contributed by atoms with Crippen LogP contribution in [0.5, 0.6) is 5.75 Å². The van der Waals surface area contributed by atoms with Crippen molar-refractivity contribution in [2.24, 2.45) is 4.99 Å². The molecule has 144 valence electrons. The van der Waals surface area contributed by atoms with Crippen molar-refractivity contribution >= 4 is 29.3 Å². The summed E-state index contributed by atoms with van der Waals surface area (Å²) in [5, 5.41) is 4.62. The van der Waals surface area contributed by atoms with Crippen LogP contribution >= 0.6 is 24.2 Å². The maximum absolute atomic E-state index is 5.32. The van der Waals surface area contributed by atoms with Crippen LogP contribution in [-0.2, 0) is 5.75 Å². The van der Waals surface area contributed by atoms with E-state index in [1.165, 1.54) is 16.7 Å². The van der Waals surface area contributed by atoms with Gasteiger partial charge in [0.15, 0.2) is 5.17 Å². The Hall–Kier alpha value is -2.43. The van der Waals surface area contributed by atoms with Crippen LogP contribution in [0, 0.1) is 0 Å². The second-order valence-electron chi connectivity index (χ2n) is 6.46. The van der Waals surface area contributed by atoms with Gasteiger partial charge in [0.2, 0.25) is 0 Å². The number of hydrogen-bond donors (Lipinski definition) is 1. The third-order valence-corrected chi connectivity index (χ3v) is 5.63. The summed E-state index contributed by atoms with van der Waals surface area (Å²) in [4.78, 5) is 5.01. The first-order chi connectivity index (χ1) is 13.3. The lowest BCUT2D eigenvalue weighted by Gasteiger charge is -2.19. The highest BCUT2D eigenvalue weighted by atomic mass is 35.5. The fourth-order valence-corrected chi connectivity index (χ4v) is 4.17. The Labute approximate surface area is 176 Å². The molecular weight excluding hydrogens is 388 g/mol. The molecular formula is C23H23ClN2OS. The van der Waals surface area contributed by atoms with Gasteiger partial charge in [0.25, 0.3) is 0 Å². The Morgan fingerprint density at radius 2 is 1.57 bits per heavy atom. The summed E-state index contributed by atoms with van der Waals surface area (Å²) in [6, 6.07) is 29.5. The molecule has 0 fully saturated rings. The number of aliphatic imine (C=N–C) groups is 1. The first-order valence-electron chi connectivity index (χ1n) is 9.03. The average molecular weight is 411 g/mol. The third kappa shape index (κ3) is 4.70. The standard InChI is InChI=1S/C23H22N2OS.ClH/c1-26-20-14-8-9-17(15-20)16-27-23-24-21(18-10-4-2-5-11-18)22(25-23)19-12-6-3-7-13-19;/h2-15,21-22H,16H2,1H3,(H,24,25);1H. The summed E-state index contributed by atoms with van der Waals surface area (Å²) in [7, 11) is 1.70. The molecule has 0 bridgehead atoms. The van der Waals surface area contributed by atoms with E-state index in [0.29, 0.717) is 0 Å². The zero-order valence-electron chi connectivity index (χ0n) is 15.6. The quantitative estimate of drug-likeness (QED) is 0.577. The largest absolute Gasteiger partial charge is 0.497 e. The fourth-order valence-electron chi connectivity index (χ4n) is 3.29. The molecule has 0 amide bonds. The molecule has 4 rings (SSSR count). The van der Waals surface area contributed by atoms with Crippen LogP contribution in [0.4, 0.5) is 0 Å². The van der Waals surface area contributed by atoms with Gasteiger partial charge in [0, 0.05) is 5.75 Å². The number of hydrogen-bond acceptors (Lipinski definition) is 4.